The monoisotopic (exact) mass is 417 g/mol. The maximum atomic E-state index is 12.8. The van der Waals surface area contributed by atoms with Crippen LogP contribution in [0.15, 0.2) is 57.9 Å². The van der Waals surface area contributed by atoms with Gasteiger partial charge >= 0.3 is 5.97 Å². The first kappa shape index (κ1) is 17.8. The quantitative estimate of drug-likeness (QED) is 0.698. The zero-order valence-electron chi connectivity index (χ0n) is 12.1. The molecule has 8 heteroatoms. The summed E-state index contributed by atoms with van der Waals surface area (Å²) < 4.78 is 31.9. The second kappa shape index (κ2) is 7.33. The Hall–Kier alpha value is -1.57. The molecule has 0 radical (unpaired) electrons. The molecule has 2 aromatic rings. The highest BCUT2D eigenvalue weighted by molar-refractivity contribution is 9.10. The Balaban J connectivity index is 2.54. The summed E-state index contributed by atoms with van der Waals surface area (Å²) in [5, 5.41) is 0.334. The van der Waals surface area contributed by atoms with Crippen LogP contribution in [0.5, 0.6) is 0 Å². The normalized spacial score (nSPS) is 11.1. The molecular formula is C15H13BrClNO4S. The van der Waals surface area contributed by atoms with E-state index in [0.717, 1.165) is 4.31 Å². The van der Waals surface area contributed by atoms with Crippen LogP contribution in [0.1, 0.15) is 0 Å². The van der Waals surface area contributed by atoms with Crippen LogP contribution in [0.4, 0.5) is 5.69 Å². The van der Waals surface area contributed by atoms with E-state index in [4.69, 9.17) is 11.6 Å². The third-order valence-electron chi connectivity index (χ3n) is 3.02. The van der Waals surface area contributed by atoms with Gasteiger partial charge in [-0.15, -0.1) is 0 Å². The van der Waals surface area contributed by atoms with Crippen molar-refractivity contribution in [2.75, 3.05) is 18.0 Å². The molecule has 0 heterocycles. The summed E-state index contributed by atoms with van der Waals surface area (Å²) in [6.45, 7) is -0.453. The maximum Gasteiger partial charge on any atom is 0.326 e. The van der Waals surface area contributed by atoms with Crippen LogP contribution in [-0.4, -0.2) is 28.0 Å². The molecule has 2 rings (SSSR count). The molecule has 23 heavy (non-hydrogen) atoms. The van der Waals surface area contributed by atoms with Gasteiger partial charge in [-0.3, -0.25) is 9.10 Å². The number of hydrogen-bond acceptors (Lipinski definition) is 4. The fourth-order valence-corrected chi connectivity index (χ4v) is 3.70. The molecule has 5 nitrogen and oxygen atoms in total. The number of nitrogens with zero attached hydrogens (tertiary/aromatic N) is 1. The number of carbonyl (C=O) groups is 1. The van der Waals surface area contributed by atoms with Crippen molar-refractivity contribution in [3.05, 3.63) is 58.0 Å². The van der Waals surface area contributed by atoms with Crippen molar-refractivity contribution in [2.24, 2.45) is 0 Å². The first-order valence-corrected chi connectivity index (χ1v) is 9.07. The third-order valence-corrected chi connectivity index (χ3v) is 6.04. The van der Waals surface area contributed by atoms with Crippen molar-refractivity contribution in [3.8, 4) is 0 Å². The molecule has 122 valence electrons. The molecule has 0 aliphatic carbocycles. The highest BCUT2D eigenvalue weighted by Gasteiger charge is 2.27. The van der Waals surface area contributed by atoms with E-state index in [1.165, 1.54) is 25.3 Å². The molecule has 0 aliphatic rings. The van der Waals surface area contributed by atoms with E-state index in [1.54, 1.807) is 30.3 Å². The predicted molar refractivity (Wildman–Crippen MR) is 92.1 cm³/mol. The lowest BCUT2D eigenvalue weighted by Gasteiger charge is -2.23. The summed E-state index contributed by atoms with van der Waals surface area (Å²) in [5.41, 5.74) is 0.271. The van der Waals surface area contributed by atoms with Crippen molar-refractivity contribution in [2.45, 2.75) is 4.90 Å². The van der Waals surface area contributed by atoms with Gasteiger partial charge in [0.15, 0.2) is 0 Å². The summed E-state index contributed by atoms with van der Waals surface area (Å²) in [6.07, 6.45) is 0. The van der Waals surface area contributed by atoms with Gasteiger partial charge in [-0.05, 0) is 46.3 Å². The number of benzene rings is 2. The van der Waals surface area contributed by atoms with Gasteiger partial charge in [0.1, 0.15) is 6.54 Å². The number of sulfonamides is 1. The van der Waals surface area contributed by atoms with E-state index in [-0.39, 0.29) is 10.6 Å². The number of halogens is 2. The number of carbonyl (C=O) groups excluding carboxylic acids is 1. The van der Waals surface area contributed by atoms with Gasteiger partial charge in [0.25, 0.3) is 10.0 Å². The Kier molecular flexibility index (Phi) is 5.67. The molecule has 0 spiro atoms. The molecule has 0 bridgehead atoms. The van der Waals surface area contributed by atoms with Crippen LogP contribution in [0.2, 0.25) is 5.02 Å². The Morgan fingerprint density at radius 1 is 1.22 bits per heavy atom. The van der Waals surface area contributed by atoms with Gasteiger partial charge in [-0.2, -0.15) is 0 Å². The molecule has 0 amide bonds. The minimum Gasteiger partial charge on any atom is -0.468 e. The zero-order chi connectivity index (χ0) is 17.0. The van der Waals surface area contributed by atoms with Crippen LogP contribution >= 0.6 is 27.5 Å². The van der Waals surface area contributed by atoms with Crippen LogP contribution in [0.3, 0.4) is 0 Å². The second-order valence-electron chi connectivity index (χ2n) is 4.50. The van der Waals surface area contributed by atoms with Gasteiger partial charge in [-0.25, -0.2) is 8.42 Å². The Labute approximate surface area is 148 Å². The predicted octanol–water partition coefficient (Wildman–Crippen LogP) is 3.47. The van der Waals surface area contributed by atoms with Crippen molar-refractivity contribution < 1.29 is 17.9 Å². The Morgan fingerprint density at radius 2 is 1.87 bits per heavy atom. The maximum absolute atomic E-state index is 12.8. The first-order valence-electron chi connectivity index (χ1n) is 6.46. The van der Waals surface area contributed by atoms with Gasteiger partial charge in [0, 0.05) is 4.47 Å². The molecule has 0 unspecified atom stereocenters. The summed E-state index contributed by atoms with van der Waals surface area (Å²) >= 11 is 9.29. The minimum atomic E-state index is -3.93. The van der Waals surface area contributed by atoms with E-state index >= 15 is 0 Å². The second-order valence-corrected chi connectivity index (χ2v) is 7.62. The lowest BCUT2D eigenvalue weighted by Crippen LogP contribution is -2.36. The topological polar surface area (TPSA) is 63.7 Å². The number of methoxy groups -OCH3 is 1. The third kappa shape index (κ3) is 4.04. The van der Waals surface area contributed by atoms with Crippen molar-refractivity contribution in [1.82, 2.24) is 0 Å². The summed E-state index contributed by atoms with van der Waals surface area (Å²) in [7, 11) is -2.73. The van der Waals surface area contributed by atoms with Crippen LogP contribution in [0.25, 0.3) is 0 Å². The number of ether oxygens (including phenoxy) is 1. The smallest absolute Gasteiger partial charge is 0.326 e. The average molecular weight is 419 g/mol. The highest BCUT2D eigenvalue weighted by Crippen LogP contribution is 2.30. The fourth-order valence-electron chi connectivity index (χ4n) is 1.86. The van der Waals surface area contributed by atoms with Crippen LogP contribution < -0.4 is 4.31 Å². The number of anilines is 1. The molecule has 0 N–H and O–H groups in total. The summed E-state index contributed by atoms with van der Waals surface area (Å²) in [4.78, 5) is 11.7. The van der Waals surface area contributed by atoms with E-state index in [1.807, 2.05) is 0 Å². The van der Waals surface area contributed by atoms with Crippen molar-refractivity contribution >= 4 is 49.2 Å². The highest BCUT2D eigenvalue weighted by atomic mass is 79.9. The lowest BCUT2D eigenvalue weighted by atomic mass is 10.3. The molecule has 0 atom stereocenters. The molecule has 0 aliphatic heterocycles. The molecular weight excluding hydrogens is 406 g/mol. The van der Waals surface area contributed by atoms with E-state index in [0.29, 0.717) is 9.50 Å². The van der Waals surface area contributed by atoms with Gasteiger partial charge in [-0.1, -0.05) is 29.8 Å². The fraction of sp³-hybridized carbons (Fsp3) is 0.133. The average Bonchev–Trinajstić information content (AvgIpc) is 2.55. The lowest BCUT2D eigenvalue weighted by molar-refractivity contribution is -0.138. The van der Waals surface area contributed by atoms with Gasteiger partial charge < -0.3 is 4.74 Å². The standard InChI is InChI=1S/C15H13BrClNO4S/c1-22-15(19)10-18(11-7-8-13(16)14(17)9-11)23(20,21)12-5-3-2-4-6-12/h2-9H,10H2,1H3. The molecule has 0 saturated heterocycles. The molecule has 2 aromatic carbocycles. The van der Waals surface area contributed by atoms with Crippen LogP contribution in [0, 0.1) is 0 Å². The van der Waals surface area contributed by atoms with Gasteiger partial charge in [0.05, 0.1) is 22.7 Å². The molecule has 0 fully saturated rings. The Morgan fingerprint density at radius 3 is 2.43 bits per heavy atom. The molecule has 0 aromatic heterocycles. The van der Waals surface area contributed by atoms with E-state index in [9.17, 15) is 13.2 Å². The van der Waals surface area contributed by atoms with Crippen LogP contribution in [-0.2, 0) is 19.6 Å². The van der Waals surface area contributed by atoms with Crippen molar-refractivity contribution in [1.29, 1.82) is 0 Å². The summed E-state index contributed by atoms with van der Waals surface area (Å²) in [5.74, 6) is -0.677. The number of esters is 1. The van der Waals surface area contributed by atoms with Crippen molar-refractivity contribution in [3.63, 3.8) is 0 Å². The van der Waals surface area contributed by atoms with Gasteiger partial charge in [0.2, 0.25) is 0 Å². The van der Waals surface area contributed by atoms with E-state index < -0.39 is 22.5 Å². The zero-order valence-corrected chi connectivity index (χ0v) is 15.2. The van der Waals surface area contributed by atoms with E-state index in [2.05, 4.69) is 20.7 Å². The number of rotatable bonds is 5. The first-order chi connectivity index (χ1) is 10.9. The SMILES string of the molecule is COC(=O)CN(c1ccc(Br)c(Cl)c1)S(=O)(=O)c1ccccc1. The number of hydrogen-bond donors (Lipinski definition) is 0. The minimum absolute atomic E-state index is 0.0722. The largest absolute Gasteiger partial charge is 0.468 e. The molecule has 0 saturated carbocycles. The summed E-state index contributed by atoms with van der Waals surface area (Å²) in [6, 6.07) is 12.5. The Bertz CT molecular complexity index is 811.